The number of esters is 1. The van der Waals surface area contributed by atoms with Gasteiger partial charge in [-0.15, -0.1) is 0 Å². The number of benzene rings is 1. The molecule has 1 aromatic rings. The Morgan fingerprint density at radius 2 is 2.14 bits per heavy atom. The average molecular weight is 194 g/mol. The largest absolute Gasteiger partial charge is 0.463 e. The van der Waals surface area contributed by atoms with E-state index in [9.17, 15) is 9.59 Å². The van der Waals surface area contributed by atoms with Crippen molar-refractivity contribution in [3.8, 4) is 5.75 Å². The molecule has 4 heteroatoms. The molecule has 74 valence electrons. The Balaban J connectivity index is 2.79. The number of rotatable bonds is 4. The van der Waals surface area contributed by atoms with Crippen molar-refractivity contribution in [2.24, 2.45) is 0 Å². The lowest BCUT2D eigenvalue weighted by atomic mass is 10.2. The van der Waals surface area contributed by atoms with E-state index in [1.54, 1.807) is 24.3 Å². The zero-order valence-electron chi connectivity index (χ0n) is 7.73. The van der Waals surface area contributed by atoms with Gasteiger partial charge in [0.25, 0.3) is 6.47 Å². The molecular weight excluding hydrogens is 184 g/mol. The molecule has 0 saturated carbocycles. The van der Waals surface area contributed by atoms with E-state index < -0.39 is 5.97 Å². The number of hydrogen-bond acceptors (Lipinski definition) is 4. The molecule has 0 heterocycles. The molecule has 0 aromatic heterocycles. The average Bonchev–Trinajstić information content (AvgIpc) is 2.16. The smallest absolute Gasteiger partial charge is 0.308 e. The SMILES string of the molecule is CC(=O)Oc1ccccc1COC=O. The minimum atomic E-state index is -0.399. The summed E-state index contributed by atoms with van der Waals surface area (Å²) in [5.41, 5.74) is 0.662. The van der Waals surface area contributed by atoms with Crippen LogP contribution in [0.1, 0.15) is 12.5 Å². The van der Waals surface area contributed by atoms with Gasteiger partial charge in [-0.2, -0.15) is 0 Å². The molecule has 0 N–H and O–H groups in total. The van der Waals surface area contributed by atoms with Gasteiger partial charge in [0.2, 0.25) is 0 Å². The highest BCUT2D eigenvalue weighted by molar-refractivity contribution is 5.69. The van der Waals surface area contributed by atoms with Crippen LogP contribution in [0.5, 0.6) is 5.75 Å². The van der Waals surface area contributed by atoms with Crippen molar-refractivity contribution < 1.29 is 19.1 Å². The van der Waals surface area contributed by atoms with Crippen LogP contribution in [0, 0.1) is 0 Å². The third-order valence-electron chi connectivity index (χ3n) is 1.53. The minimum Gasteiger partial charge on any atom is -0.463 e. The molecule has 0 aliphatic carbocycles. The molecule has 1 rings (SSSR count). The van der Waals surface area contributed by atoms with Crippen molar-refractivity contribution in [3.63, 3.8) is 0 Å². The van der Waals surface area contributed by atoms with Gasteiger partial charge in [0.05, 0.1) is 0 Å². The zero-order valence-corrected chi connectivity index (χ0v) is 7.73. The highest BCUT2D eigenvalue weighted by Crippen LogP contribution is 2.18. The van der Waals surface area contributed by atoms with Crippen molar-refractivity contribution in [2.45, 2.75) is 13.5 Å². The summed E-state index contributed by atoms with van der Waals surface area (Å²) in [4.78, 5) is 20.7. The third-order valence-corrected chi connectivity index (χ3v) is 1.53. The Kier molecular flexibility index (Phi) is 3.67. The lowest BCUT2D eigenvalue weighted by molar-refractivity contribution is -0.131. The molecule has 0 atom stereocenters. The monoisotopic (exact) mass is 194 g/mol. The maximum Gasteiger partial charge on any atom is 0.308 e. The first-order valence-electron chi connectivity index (χ1n) is 4.05. The Morgan fingerprint density at radius 1 is 1.43 bits per heavy atom. The van der Waals surface area contributed by atoms with Gasteiger partial charge >= 0.3 is 5.97 Å². The standard InChI is InChI=1S/C10H10O4/c1-8(12)14-10-5-3-2-4-9(10)6-13-7-11/h2-5,7H,6H2,1H3. The number of carbonyl (C=O) groups is 2. The maximum atomic E-state index is 10.7. The van der Waals surface area contributed by atoms with Crippen LogP contribution in [0.2, 0.25) is 0 Å². The number of carbonyl (C=O) groups excluding carboxylic acids is 2. The van der Waals surface area contributed by atoms with Gasteiger partial charge in [-0.3, -0.25) is 9.59 Å². The molecule has 0 spiro atoms. The van der Waals surface area contributed by atoms with E-state index in [1.165, 1.54) is 6.92 Å². The molecule has 0 fully saturated rings. The fourth-order valence-corrected chi connectivity index (χ4v) is 1.00. The zero-order chi connectivity index (χ0) is 10.4. The van der Waals surface area contributed by atoms with Crippen LogP contribution < -0.4 is 4.74 Å². The lowest BCUT2D eigenvalue weighted by Gasteiger charge is -2.06. The van der Waals surface area contributed by atoms with Crippen LogP contribution in [0.4, 0.5) is 0 Å². The highest BCUT2D eigenvalue weighted by atomic mass is 16.5. The van der Waals surface area contributed by atoms with E-state index in [4.69, 9.17) is 4.74 Å². The summed E-state index contributed by atoms with van der Waals surface area (Å²) >= 11 is 0. The first kappa shape index (κ1) is 10.2. The Morgan fingerprint density at radius 3 is 2.79 bits per heavy atom. The van der Waals surface area contributed by atoms with Gasteiger partial charge in [0.1, 0.15) is 12.4 Å². The Hall–Kier alpha value is -1.84. The second-order valence-corrected chi connectivity index (χ2v) is 2.61. The van der Waals surface area contributed by atoms with Gasteiger partial charge in [-0.05, 0) is 6.07 Å². The van der Waals surface area contributed by atoms with Gasteiger partial charge in [0.15, 0.2) is 0 Å². The Labute approximate surface area is 81.4 Å². The summed E-state index contributed by atoms with van der Waals surface area (Å²) in [7, 11) is 0. The summed E-state index contributed by atoms with van der Waals surface area (Å²) in [6.45, 7) is 1.77. The first-order chi connectivity index (χ1) is 6.74. The molecule has 0 radical (unpaired) electrons. The summed E-state index contributed by atoms with van der Waals surface area (Å²) < 4.78 is 9.48. The number of hydrogen-bond donors (Lipinski definition) is 0. The van der Waals surface area contributed by atoms with E-state index in [0.29, 0.717) is 17.8 Å². The van der Waals surface area contributed by atoms with Crippen molar-refractivity contribution in [1.29, 1.82) is 0 Å². The van der Waals surface area contributed by atoms with Crippen LogP contribution in [-0.2, 0) is 20.9 Å². The van der Waals surface area contributed by atoms with Crippen LogP contribution >= 0.6 is 0 Å². The Bertz CT molecular complexity index is 333. The van der Waals surface area contributed by atoms with Crippen molar-refractivity contribution in [2.75, 3.05) is 0 Å². The maximum absolute atomic E-state index is 10.7. The van der Waals surface area contributed by atoms with E-state index >= 15 is 0 Å². The quantitative estimate of drug-likeness (QED) is 0.411. The molecule has 0 bridgehead atoms. The molecule has 0 unspecified atom stereocenters. The fraction of sp³-hybridized carbons (Fsp3) is 0.200. The van der Waals surface area contributed by atoms with Crippen LogP contribution in [0.3, 0.4) is 0 Å². The van der Waals surface area contributed by atoms with Gasteiger partial charge in [-0.25, -0.2) is 0 Å². The second-order valence-electron chi connectivity index (χ2n) is 2.61. The second kappa shape index (κ2) is 5.01. The number of para-hydroxylation sites is 1. The third kappa shape index (κ3) is 2.90. The molecule has 14 heavy (non-hydrogen) atoms. The van der Waals surface area contributed by atoms with Crippen LogP contribution in [0.25, 0.3) is 0 Å². The van der Waals surface area contributed by atoms with E-state index in [2.05, 4.69) is 4.74 Å². The number of ether oxygens (including phenoxy) is 2. The van der Waals surface area contributed by atoms with Gasteiger partial charge in [0, 0.05) is 12.5 Å². The summed E-state index contributed by atoms with van der Waals surface area (Å²) in [5.74, 6) is 0.0189. The molecule has 4 nitrogen and oxygen atoms in total. The van der Waals surface area contributed by atoms with Gasteiger partial charge < -0.3 is 9.47 Å². The van der Waals surface area contributed by atoms with E-state index in [0.717, 1.165) is 0 Å². The summed E-state index contributed by atoms with van der Waals surface area (Å²) in [6.07, 6.45) is 0. The molecule has 1 aromatic carbocycles. The van der Waals surface area contributed by atoms with Crippen molar-refractivity contribution in [3.05, 3.63) is 29.8 Å². The summed E-state index contributed by atoms with van der Waals surface area (Å²) in [5, 5.41) is 0. The van der Waals surface area contributed by atoms with E-state index in [-0.39, 0.29) is 6.61 Å². The fourth-order valence-electron chi connectivity index (χ4n) is 1.00. The predicted octanol–water partition coefficient (Wildman–Crippen LogP) is 1.28. The normalized spacial score (nSPS) is 9.21. The minimum absolute atomic E-state index is 0.104. The molecule has 0 aliphatic rings. The topological polar surface area (TPSA) is 52.6 Å². The highest BCUT2D eigenvalue weighted by Gasteiger charge is 2.04. The van der Waals surface area contributed by atoms with Crippen LogP contribution in [0.15, 0.2) is 24.3 Å². The first-order valence-corrected chi connectivity index (χ1v) is 4.05. The molecule has 0 aliphatic heterocycles. The van der Waals surface area contributed by atoms with Gasteiger partial charge in [-0.1, -0.05) is 18.2 Å². The molecule has 0 saturated heterocycles. The van der Waals surface area contributed by atoms with Crippen LogP contribution in [-0.4, -0.2) is 12.4 Å². The van der Waals surface area contributed by atoms with E-state index in [1.807, 2.05) is 0 Å². The predicted molar refractivity (Wildman–Crippen MR) is 48.6 cm³/mol. The lowest BCUT2D eigenvalue weighted by Crippen LogP contribution is -2.04. The summed E-state index contributed by atoms with van der Waals surface area (Å²) in [6, 6.07) is 6.88. The molecule has 0 amide bonds. The van der Waals surface area contributed by atoms with Crippen molar-refractivity contribution in [1.82, 2.24) is 0 Å². The van der Waals surface area contributed by atoms with Crippen molar-refractivity contribution >= 4 is 12.4 Å². The molecular formula is C10H10O4.